The van der Waals surface area contributed by atoms with E-state index in [0.29, 0.717) is 0 Å². The van der Waals surface area contributed by atoms with Crippen molar-refractivity contribution in [3.8, 4) is 0 Å². The Balaban J connectivity index is 3.21. The number of allylic oxidation sites excluding steroid dienone is 6. The van der Waals surface area contributed by atoms with Crippen LogP contribution in [-0.4, -0.2) is 11.1 Å². The summed E-state index contributed by atoms with van der Waals surface area (Å²) in [5.41, 5.74) is 0. The van der Waals surface area contributed by atoms with Crippen molar-refractivity contribution in [2.24, 2.45) is 0 Å². The molecule has 2 nitrogen and oxygen atoms in total. The SMILES string of the molecule is CC/C=C/CCCCCCCC/C=C/C=C/CCCC(=O)O. The van der Waals surface area contributed by atoms with Crippen LogP contribution in [0.25, 0.3) is 0 Å². The van der Waals surface area contributed by atoms with Gasteiger partial charge < -0.3 is 5.11 Å². The first-order chi connectivity index (χ1) is 10.8. The summed E-state index contributed by atoms with van der Waals surface area (Å²) < 4.78 is 0. The maximum atomic E-state index is 10.3. The van der Waals surface area contributed by atoms with Crippen LogP contribution in [0.1, 0.15) is 84.0 Å². The largest absolute Gasteiger partial charge is 0.481 e. The van der Waals surface area contributed by atoms with Crippen molar-refractivity contribution < 1.29 is 9.90 Å². The van der Waals surface area contributed by atoms with Gasteiger partial charge in [0.15, 0.2) is 0 Å². The number of hydrogen-bond acceptors (Lipinski definition) is 1. The molecule has 0 unspecified atom stereocenters. The number of rotatable bonds is 15. The molecule has 0 saturated heterocycles. The van der Waals surface area contributed by atoms with Crippen LogP contribution in [0.3, 0.4) is 0 Å². The minimum atomic E-state index is -0.707. The van der Waals surface area contributed by atoms with Gasteiger partial charge in [-0.15, -0.1) is 0 Å². The monoisotopic (exact) mass is 306 g/mol. The molecule has 0 aromatic heterocycles. The number of hydrogen-bond donors (Lipinski definition) is 1. The van der Waals surface area contributed by atoms with Gasteiger partial charge in [0.05, 0.1) is 0 Å². The van der Waals surface area contributed by atoms with E-state index in [4.69, 9.17) is 5.11 Å². The Kier molecular flexibility index (Phi) is 16.7. The lowest BCUT2D eigenvalue weighted by atomic mass is 10.1. The molecule has 2 heteroatoms. The van der Waals surface area contributed by atoms with E-state index >= 15 is 0 Å². The molecule has 1 N–H and O–H groups in total. The molecule has 0 aliphatic carbocycles. The van der Waals surface area contributed by atoms with Crippen molar-refractivity contribution in [3.05, 3.63) is 36.5 Å². The van der Waals surface area contributed by atoms with Crippen LogP contribution >= 0.6 is 0 Å². The summed E-state index contributed by atoms with van der Waals surface area (Å²) in [6.07, 6.45) is 26.4. The molecule has 0 amide bonds. The quantitative estimate of drug-likeness (QED) is 0.215. The highest BCUT2D eigenvalue weighted by Gasteiger charge is 1.92. The fraction of sp³-hybridized carbons (Fsp3) is 0.650. The van der Waals surface area contributed by atoms with E-state index in [-0.39, 0.29) is 6.42 Å². The van der Waals surface area contributed by atoms with Crippen LogP contribution in [0.5, 0.6) is 0 Å². The van der Waals surface area contributed by atoms with Gasteiger partial charge in [-0.2, -0.15) is 0 Å². The Morgan fingerprint density at radius 2 is 1.23 bits per heavy atom. The van der Waals surface area contributed by atoms with Crippen LogP contribution in [0.4, 0.5) is 0 Å². The smallest absolute Gasteiger partial charge is 0.303 e. The standard InChI is InChI=1S/C20H34O2/c1-2-3-4-5-6-7-8-9-10-11-12-13-14-15-16-17-18-19-20(21)22/h3-4,13-16H,2,5-12,17-19H2,1H3,(H,21,22)/b4-3+,14-13+,16-15+. The second-order valence-electron chi connectivity index (χ2n) is 5.72. The molecule has 0 atom stereocenters. The minimum Gasteiger partial charge on any atom is -0.481 e. The van der Waals surface area contributed by atoms with Crippen molar-refractivity contribution in [1.82, 2.24) is 0 Å². The lowest BCUT2D eigenvalue weighted by Crippen LogP contribution is -1.92. The van der Waals surface area contributed by atoms with Crippen LogP contribution < -0.4 is 0 Å². The molecule has 0 aromatic carbocycles. The molecule has 0 spiro atoms. The van der Waals surface area contributed by atoms with E-state index in [1.807, 2.05) is 12.2 Å². The maximum Gasteiger partial charge on any atom is 0.303 e. The zero-order chi connectivity index (χ0) is 16.3. The Labute approximate surface area is 137 Å². The van der Waals surface area contributed by atoms with Crippen LogP contribution in [0, 0.1) is 0 Å². The lowest BCUT2D eigenvalue weighted by Gasteiger charge is -1.99. The number of carboxylic acids is 1. The third-order valence-corrected chi connectivity index (χ3v) is 3.54. The van der Waals surface area contributed by atoms with Gasteiger partial charge in [-0.3, -0.25) is 4.79 Å². The number of aliphatic carboxylic acids is 1. The first kappa shape index (κ1) is 20.7. The summed E-state index contributed by atoms with van der Waals surface area (Å²) in [4.78, 5) is 10.3. The van der Waals surface area contributed by atoms with Crippen molar-refractivity contribution in [3.63, 3.8) is 0 Å². The fourth-order valence-electron chi connectivity index (χ4n) is 2.24. The normalized spacial score (nSPS) is 12.0. The van der Waals surface area contributed by atoms with E-state index in [2.05, 4.69) is 31.2 Å². The second kappa shape index (κ2) is 17.7. The Bertz CT molecular complexity index is 327. The summed E-state index contributed by atoms with van der Waals surface area (Å²) in [5, 5.41) is 8.50. The molecular formula is C20H34O2. The lowest BCUT2D eigenvalue weighted by molar-refractivity contribution is -0.137. The van der Waals surface area contributed by atoms with Crippen molar-refractivity contribution in [2.45, 2.75) is 84.0 Å². The van der Waals surface area contributed by atoms with E-state index in [0.717, 1.165) is 25.7 Å². The molecule has 0 aromatic rings. The molecule has 0 aliphatic rings. The highest BCUT2D eigenvalue weighted by atomic mass is 16.4. The number of carboxylic acid groups (broad SMARTS) is 1. The van der Waals surface area contributed by atoms with Crippen LogP contribution in [-0.2, 0) is 4.79 Å². The van der Waals surface area contributed by atoms with Gasteiger partial charge >= 0.3 is 5.97 Å². The maximum absolute atomic E-state index is 10.3. The van der Waals surface area contributed by atoms with E-state index < -0.39 is 5.97 Å². The summed E-state index contributed by atoms with van der Waals surface area (Å²) in [5.74, 6) is -0.707. The molecule has 0 rings (SSSR count). The van der Waals surface area contributed by atoms with Gasteiger partial charge in [0.2, 0.25) is 0 Å². The first-order valence-electron chi connectivity index (χ1n) is 8.95. The molecule has 0 radical (unpaired) electrons. The Morgan fingerprint density at radius 3 is 1.77 bits per heavy atom. The third kappa shape index (κ3) is 18.7. The van der Waals surface area contributed by atoms with Gasteiger partial charge in [0.1, 0.15) is 0 Å². The van der Waals surface area contributed by atoms with Crippen LogP contribution in [0.2, 0.25) is 0 Å². The Morgan fingerprint density at radius 1 is 0.727 bits per heavy atom. The summed E-state index contributed by atoms with van der Waals surface area (Å²) in [6.45, 7) is 2.18. The van der Waals surface area contributed by atoms with Gasteiger partial charge in [-0.05, 0) is 44.9 Å². The highest BCUT2D eigenvalue weighted by molar-refractivity contribution is 5.66. The first-order valence-corrected chi connectivity index (χ1v) is 8.95. The predicted octanol–water partition coefficient (Wildman–Crippen LogP) is 6.44. The zero-order valence-electron chi connectivity index (χ0n) is 14.3. The molecular weight excluding hydrogens is 272 g/mol. The van der Waals surface area contributed by atoms with Crippen molar-refractivity contribution in [2.75, 3.05) is 0 Å². The average Bonchev–Trinajstić information content (AvgIpc) is 2.50. The molecule has 0 bridgehead atoms. The van der Waals surface area contributed by atoms with Gasteiger partial charge in [-0.1, -0.05) is 69.1 Å². The molecule has 126 valence electrons. The minimum absolute atomic E-state index is 0.267. The number of unbranched alkanes of at least 4 members (excludes halogenated alkanes) is 8. The fourth-order valence-corrected chi connectivity index (χ4v) is 2.24. The zero-order valence-corrected chi connectivity index (χ0v) is 14.3. The highest BCUT2D eigenvalue weighted by Crippen LogP contribution is 2.09. The summed E-state index contributed by atoms with van der Waals surface area (Å²) >= 11 is 0. The van der Waals surface area contributed by atoms with Gasteiger partial charge in [0.25, 0.3) is 0 Å². The summed E-state index contributed by atoms with van der Waals surface area (Å²) in [7, 11) is 0. The molecule has 0 heterocycles. The van der Waals surface area contributed by atoms with E-state index in [1.54, 1.807) is 0 Å². The average molecular weight is 306 g/mol. The van der Waals surface area contributed by atoms with Crippen molar-refractivity contribution >= 4 is 5.97 Å². The van der Waals surface area contributed by atoms with Gasteiger partial charge in [0, 0.05) is 6.42 Å². The predicted molar refractivity (Wildman–Crippen MR) is 96.1 cm³/mol. The molecule has 0 saturated carbocycles. The molecule has 0 aliphatic heterocycles. The van der Waals surface area contributed by atoms with Crippen LogP contribution in [0.15, 0.2) is 36.5 Å². The van der Waals surface area contributed by atoms with E-state index in [9.17, 15) is 4.79 Å². The van der Waals surface area contributed by atoms with E-state index in [1.165, 1.54) is 44.9 Å². The Hall–Kier alpha value is -1.31. The molecule has 0 fully saturated rings. The number of carbonyl (C=O) groups is 1. The third-order valence-electron chi connectivity index (χ3n) is 3.54. The second-order valence-corrected chi connectivity index (χ2v) is 5.72. The van der Waals surface area contributed by atoms with Crippen molar-refractivity contribution in [1.29, 1.82) is 0 Å². The van der Waals surface area contributed by atoms with Gasteiger partial charge in [-0.25, -0.2) is 0 Å². The summed E-state index contributed by atoms with van der Waals surface area (Å²) in [6, 6.07) is 0. The topological polar surface area (TPSA) is 37.3 Å². The molecule has 22 heavy (non-hydrogen) atoms.